The van der Waals surface area contributed by atoms with Crippen molar-refractivity contribution in [1.82, 2.24) is 9.97 Å². The van der Waals surface area contributed by atoms with Crippen LogP contribution >= 0.6 is 0 Å². The summed E-state index contributed by atoms with van der Waals surface area (Å²) in [4.78, 5) is 50.2. The van der Waals surface area contributed by atoms with Crippen LogP contribution in [0.2, 0.25) is 0 Å². The molecule has 0 bridgehead atoms. The Kier molecular flexibility index (Phi) is 5.22. The maximum absolute atomic E-state index is 11.9. The summed E-state index contributed by atoms with van der Waals surface area (Å²) < 4.78 is 9.88. The third-order valence-electron chi connectivity index (χ3n) is 3.15. The zero-order valence-corrected chi connectivity index (χ0v) is 13.5. The lowest BCUT2D eigenvalue weighted by Gasteiger charge is -2.11. The molecule has 0 aliphatic carbocycles. The molecule has 25 heavy (non-hydrogen) atoms. The minimum atomic E-state index is -1.10. The number of ether oxygens (including phenoxy) is 2. The summed E-state index contributed by atoms with van der Waals surface area (Å²) in [7, 11) is 1.45. The maximum atomic E-state index is 11.9. The maximum Gasteiger partial charge on any atom is 0.357 e. The number of carbonyl (C=O) groups excluding carboxylic acids is 2. The van der Waals surface area contributed by atoms with Crippen LogP contribution in [0.1, 0.15) is 16.1 Å². The van der Waals surface area contributed by atoms with E-state index in [1.807, 2.05) is 11.9 Å². The number of nitrogen functional groups attached to an aromatic ring is 1. The predicted octanol–water partition coefficient (Wildman–Crippen LogP) is -0.242. The van der Waals surface area contributed by atoms with Gasteiger partial charge in [0.25, 0.3) is 11.5 Å². The van der Waals surface area contributed by atoms with Gasteiger partial charge in [0.1, 0.15) is 11.4 Å². The predicted molar refractivity (Wildman–Crippen MR) is 88.7 cm³/mol. The molecule has 1 aromatic carbocycles. The first-order chi connectivity index (χ1) is 11.8. The topological polar surface area (TPSA) is 156 Å². The zero-order chi connectivity index (χ0) is 18.6. The molecule has 1 heterocycles. The molecule has 1 amide bonds. The smallest absolute Gasteiger partial charge is 0.357 e. The van der Waals surface area contributed by atoms with Crippen LogP contribution in [0.15, 0.2) is 27.8 Å². The van der Waals surface area contributed by atoms with E-state index in [0.29, 0.717) is 11.4 Å². The summed E-state index contributed by atoms with van der Waals surface area (Å²) >= 11 is 0. The standard InChI is InChI=1S/C15H16N4O6/c1-7-3-4-9(24-2)8(5-7)17-10(20)6-25-14(22)12-11(16)13(21)19-15(23)18-12/h3-5H,6,16H2,1-2H3,(H,17,20)(H2,18,19,21,23). The van der Waals surface area contributed by atoms with Crippen LogP contribution in [-0.2, 0) is 9.53 Å². The second-order valence-electron chi connectivity index (χ2n) is 5.02. The minimum absolute atomic E-state index is 0.410. The minimum Gasteiger partial charge on any atom is -0.495 e. The van der Waals surface area contributed by atoms with Crippen molar-refractivity contribution >= 4 is 23.3 Å². The Balaban J connectivity index is 2.06. The van der Waals surface area contributed by atoms with Gasteiger partial charge in [-0.2, -0.15) is 0 Å². The quantitative estimate of drug-likeness (QED) is 0.543. The van der Waals surface area contributed by atoms with E-state index in [9.17, 15) is 19.2 Å². The number of anilines is 2. The lowest BCUT2D eigenvalue weighted by Crippen LogP contribution is -2.30. The molecule has 0 atom stereocenters. The molecule has 0 unspecified atom stereocenters. The highest BCUT2D eigenvalue weighted by Crippen LogP contribution is 2.25. The van der Waals surface area contributed by atoms with Crippen LogP contribution < -0.4 is 27.0 Å². The molecule has 0 saturated carbocycles. The van der Waals surface area contributed by atoms with Crippen molar-refractivity contribution in [3.05, 3.63) is 50.3 Å². The monoisotopic (exact) mass is 348 g/mol. The van der Waals surface area contributed by atoms with Gasteiger partial charge >= 0.3 is 11.7 Å². The van der Waals surface area contributed by atoms with Crippen LogP contribution in [0.25, 0.3) is 0 Å². The van der Waals surface area contributed by atoms with E-state index < -0.39 is 41.1 Å². The summed E-state index contributed by atoms with van der Waals surface area (Å²) in [6.45, 7) is 1.19. The van der Waals surface area contributed by atoms with E-state index >= 15 is 0 Å². The average Bonchev–Trinajstić information content (AvgIpc) is 2.56. The van der Waals surface area contributed by atoms with E-state index in [1.54, 1.807) is 18.2 Å². The Morgan fingerprint density at radius 2 is 1.96 bits per heavy atom. The third-order valence-corrected chi connectivity index (χ3v) is 3.15. The second kappa shape index (κ2) is 7.34. The first kappa shape index (κ1) is 17.8. The van der Waals surface area contributed by atoms with Gasteiger partial charge in [-0.1, -0.05) is 6.07 Å². The van der Waals surface area contributed by atoms with Crippen LogP contribution in [-0.4, -0.2) is 35.6 Å². The van der Waals surface area contributed by atoms with Gasteiger partial charge in [-0.05, 0) is 24.6 Å². The Morgan fingerprint density at radius 1 is 1.24 bits per heavy atom. The molecule has 10 nitrogen and oxygen atoms in total. The van der Waals surface area contributed by atoms with Gasteiger partial charge in [0.05, 0.1) is 12.8 Å². The molecule has 0 aliphatic heterocycles. The van der Waals surface area contributed by atoms with E-state index in [-0.39, 0.29) is 0 Å². The normalized spacial score (nSPS) is 10.2. The average molecular weight is 348 g/mol. The fraction of sp³-hybridized carbons (Fsp3) is 0.200. The van der Waals surface area contributed by atoms with Gasteiger partial charge in [-0.15, -0.1) is 0 Å². The number of aryl methyl sites for hydroxylation is 1. The van der Waals surface area contributed by atoms with Crippen molar-refractivity contribution in [3.63, 3.8) is 0 Å². The van der Waals surface area contributed by atoms with Crippen molar-refractivity contribution in [2.75, 3.05) is 24.8 Å². The fourth-order valence-electron chi connectivity index (χ4n) is 1.97. The van der Waals surface area contributed by atoms with Crippen molar-refractivity contribution in [2.45, 2.75) is 6.92 Å². The summed E-state index contributed by atoms with van der Waals surface area (Å²) in [5.41, 5.74) is 3.84. The van der Waals surface area contributed by atoms with Crippen molar-refractivity contribution in [1.29, 1.82) is 0 Å². The van der Waals surface area contributed by atoms with Crippen molar-refractivity contribution < 1.29 is 19.1 Å². The van der Waals surface area contributed by atoms with E-state index in [0.717, 1.165) is 5.56 Å². The Morgan fingerprint density at radius 3 is 2.64 bits per heavy atom. The summed E-state index contributed by atoms with van der Waals surface area (Å²) in [6, 6.07) is 5.17. The molecule has 0 aliphatic rings. The number of rotatable bonds is 5. The lowest BCUT2D eigenvalue weighted by molar-refractivity contribution is -0.119. The SMILES string of the molecule is COc1ccc(C)cc1NC(=O)COC(=O)c1[nH]c(=O)[nH]c(=O)c1N. The number of methoxy groups -OCH3 is 1. The summed E-state index contributed by atoms with van der Waals surface area (Å²) in [5.74, 6) is -1.30. The second-order valence-corrected chi connectivity index (χ2v) is 5.02. The van der Waals surface area contributed by atoms with Gasteiger partial charge in [0.2, 0.25) is 0 Å². The molecule has 2 rings (SSSR count). The molecular weight excluding hydrogens is 332 g/mol. The van der Waals surface area contributed by atoms with Crippen molar-refractivity contribution in [3.8, 4) is 5.75 Å². The molecule has 0 fully saturated rings. The van der Waals surface area contributed by atoms with Gasteiger partial charge in [-0.3, -0.25) is 19.6 Å². The fourth-order valence-corrected chi connectivity index (χ4v) is 1.97. The molecule has 2 aromatic rings. The Bertz CT molecular complexity index is 930. The molecule has 0 radical (unpaired) electrons. The first-order valence-corrected chi connectivity index (χ1v) is 7.05. The van der Waals surface area contributed by atoms with Crippen LogP contribution in [0, 0.1) is 6.92 Å². The molecule has 5 N–H and O–H groups in total. The number of nitrogens with one attached hydrogen (secondary N) is 3. The summed E-state index contributed by atoms with van der Waals surface area (Å²) in [5, 5.41) is 2.53. The number of amides is 1. The molecule has 0 spiro atoms. The van der Waals surface area contributed by atoms with Crippen LogP contribution in [0.4, 0.5) is 11.4 Å². The van der Waals surface area contributed by atoms with Crippen LogP contribution in [0.3, 0.4) is 0 Å². The van der Waals surface area contributed by atoms with Gasteiger partial charge in [-0.25, -0.2) is 9.59 Å². The van der Waals surface area contributed by atoms with E-state index in [2.05, 4.69) is 10.3 Å². The number of H-pyrrole nitrogens is 2. The van der Waals surface area contributed by atoms with Gasteiger partial charge in [0, 0.05) is 0 Å². The number of benzene rings is 1. The number of aromatic nitrogens is 2. The Hall–Kier alpha value is -3.56. The molecule has 1 aromatic heterocycles. The highest BCUT2D eigenvalue weighted by atomic mass is 16.5. The third kappa shape index (κ3) is 4.25. The largest absolute Gasteiger partial charge is 0.495 e. The van der Waals surface area contributed by atoms with Gasteiger partial charge in [0.15, 0.2) is 12.3 Å². The number of aromatic amines is 2. The van der Waals surface area contributed by atoms with Crippen LogP contribution in [0.5, 0.6) is 5.75 Å². The number of hydrogen-bond acceptors (Lipinski definition) is 7. The highest BCUT2D eigenvalue weighted by molar-refractivity contribution is 5.97. The van der Waals surface area contributed by atoms with E-state index in [4.69, 9.17) is 15.2 Å². The van der Waals surface area contributed by atoms with Crippen molar-refractivity contribution in [2.24, 2.45) is 0 Å². The van der Waals surface area contributed by atoms with E-state index in [1.165, 1.54) is 7.11 Å². The number of hydrogen-bond donors (Lipinski definition) is 4. The molecule has 0 saturated heterocycles. The van der Waals surface area contributed by atoms with Gasteiger partial charge < -0.3 is 20.5 Å². The Labute approximate surface area is 141 Å². The number of esters is 1. The molecular formula is C15H16N4O6. The molecule has 10 heteroatoms. The molecule has 132 valence electrons. The number of nitrogens with two attached hydrogens (primary N) is 1. The summed E-state index contributed by atoms with van der Waals surface area (Å²) in [6.07, 6.45) is 0. The lowest BCUT2D eigenvalue weighted by atomic mass is 10.2. The zero-order valence-electron chi connectivity index (χ0n) is 13.5. The highest BCUT2D eigenvalue weighted by Gasteiger charge is 2.17. The number of carbonyl (C=O) groups is 2. The first-order valence-electron chi connectivity index (χ1n) is 7.05.